The van der Waals surface area contributed by atoms with Crippen LogP contribution in [0, 0.1) is 0 Å². The highest BCUT2D eigenvalue weighted by Gasteiger charge is 2.17. The summed E-state index contributed by atoms with van der Waals surface area (Å²) in [6.45, 7) is 6.46. The minimum Gasteiger partial charge on any atom is -0.479 e. The first-order valence-corrected chi connectivity index (χ1v) is 7.32. The van der Waals surface area contributed by atoms with Gasteiger partial charge in [-0.1, -0.05) is 11.6 Å². The standard InChI is InChI=1S/C15H23ClN2O4/c1-15(2,3)22-13(19)10-21-11-6-7-12(17-14(11)16)18(4)8-9-20-5/h6-7H,8-10H2,1-5H3. The fraction of sp³-hybridized carbons (Fsp3) is 0.600. The Morgan fingerprint density at radius 1 is 1.36 bits per heavy atom. The fourth-order valence-electron chi connectivity index (χ4n) is 1.58. The Hall–Kier alpha value is -1.53. The Labute approximate surface area is 136 Å². The average Bonchev–Trinajstić information content (AvgIpc) is 2.41. The molecule has 0 fully saturated rings. The molecule has 0 bridgehead atoms. The van der Waals surface area contributed by atoms with Crippen molar-refractivity contribution in [2.45, 2.75) is 26.4 Å². The molecule has 0 saturated heterocycles. The van der Waals surface area contributed by atoms with E-state index in [2.05, 4.69) is 4.98 Å². The number of ether oxygens (including phenoxy) is 3. The monoisotopic (exact) mass is 330 g/mol. The maximum absolute atomic E-state index is 11.6. The van der Waals surface area contributed by atoms with Crippen molar-refractivity contribution in [1.82, 2.24) is 4.98 Å². The van der Waals surface area contributed by atoms with Crippen LogP contribution in [0.5, 0.6) is 5.75 Å². The van der Waals surface area contributed by atoms with Crippen LogP contribution >= 0.6 is 11.6 Å². The predicted octanol–water partition coefficient (Wildman–Crippen LogP) is 2.54. The van der Waals surface area contributed by atoms with Crippen LogP contribution in [-0.2, 0) is 14.3 Å². The minimum absolute atomic E-state index is 0.199. The van der Waals surface area contributed by atoms with Crippen LogP contribution in [0.1, 0.15) is 20.8 Å². The lowest BCUT2D eigenvalue weighted by atomic mass is 10.2. The molecule has 124 valence electrons. The molecule has 0 aromatic carbocycles. The second kappa shape index (κ2) is 8.19. The number of anilines is 1. The van der Waals surface area contributed by atoms with E-state index >= 15 is 0 Å². The molecule has 0 aliphatic heterocycles. The average molecular weight is 331 g/mol. The quantitative estimate of drug-likeness (QED) is 0.565. The Bertz CT molecular complexity index is 503. The van der Waals surface area contributed by atoms with Gasteiger partial charge >= 0.3 is 5.97 Å². The number of esters is 1. The summed E-state index contributed by atoms with van der Waals surface area (Å²) in [5.74, 6) is 0.591. The summed E-state index contributed by atoms with van der Waals surface area (Å²) in [4.78, 5) is 17.8. The van der Waals surface area contributed by atoms with Crippen molar-refractivity contribution >= 4 is 23.4 Å². The summed E-state index contributed by atoms with van der Waals surface area (Å²) in [7, 11) is 3.53. The van der Waals surface area contributed by atoms with Crippen LogP contribution in [0.25, 0.3) is 0 Å². The number of rotatable bonds is 7. The SMILES string of the molecule is COCCN(C)c1ccc(OCC(=O)OC(C)(C)C)c(Cl)n1. The smallest absolute Gasteiger partial charge is 0.344 e. The molecular formula is C15H23ClN2O4. The third-order valence-electron chi connectivity index (χ3n) is 2.59. The van der Waals surface area contributed by atoms with Crippen LogP contribution in [0.15, 0.2) is 12.1 Å². The van der Waals surface area contributed by atoms with Crippen molar-refractivity contribution in [2.24, 2.45) is 0 Å². The Morgan fingerprint density at radius 3 is 2.59 bits per heavy atom. The molecule has 0 N–H and O–H groups in total. The molecule has 0 radical (unpaired) electrons. The number of carbonyl (C=O) groups is 1. The summed E-state index contributed by atoms with van der Waals surface area (Å²) >= 11 is 6.08. The van der Waals surface area contributed by atoms with Gasteiger partial charge in [0.05, 0.1) is 6.61 Å². The van der Waals surface area contributed by atoms with Gasteiger partial charge in [-0.2, -0.15) is 0 Å². The lowest BCUT2D eigenvalue weighted by Gasteiger charge is -2.20. The maximum Gasteiger partial charge on any atom is 0.344 e. The van der Waals surface area contributed by atoms with Crippen molar-refractivity contribution in [3.05, 3.63) is 17.3 Å². The highest BCUT2D eigenvalue weighted by Crippen LogP contribution is 2.25. The molecule has 22 heavy (non-hydrogen) atoms. The number of halogens is 1. The van der Waals surface area contributed by atoms with E-state index in [9.17, 15) is 4.79 Å². The lowest BCUT2D eigenvalue weighted by Crippen LogP contribution is -2.27. The van der Waals surface area contributed by atoms with Gasteiger partial charge in [-0.3, -0.25) is 0 Å². The molecule has 7 heteroatoms. The predicted molar refractivity (Wildman–Crippen MR) is 85.7 cm³/mol. The first-order chi connectivity index (χ1) is 10.2. The number of hydrogen-bond donors (Lipinski definition) is 0. The van der Waals surface area contributed by atoms with Crippen molar-refractivity contribution in [2.75, 3.05) is 38.8 Å². The van der Waals surface area contributed by atoms with E-state index in [4.69, 9.17) is 25.8 Å². The van der Waals surface area contributed by atoms with Crippen molar-refractivity contribution in [1.29, 1.82) is 0 Å². The van der Waals surface area contributed by atoms with E-state index < -0.39 is 11.6 Å². The van der Waals surface area contributed by atoms with Gasteiger partial charge in [0.1, 0.15) is 11.4 Å². The number of nitrogens with zero attached hydrogens (tertiary/aromatic N) is 2. The topological polar surface area (TPSA) is 60.9 Å². The Balaban J connectivity index is 2.61. The highest BCUT2D eigenvalue weighted by molar-refractivity contribution is 6.30. The number of pyridine rings is 1. The van der Waals surface area contributed by atoms with Crippen LogP contribution in [0.4, 0.5) is 5.82 Å². The van der Waals surface area contributed by atoms with Gasteiger partial charge in [0.25, 0.3) is 0 Å². The molecule has 0 aliphatic carbocycles. The molecule has 0 unspecified atom stereocenters. The highest BCUT2D eigenvalue weighted by atomic mass is 35.5. The number of aromatic nitrogens is 1. The summed E-state index contributed by atoms with van der Waals surface area (Å²) in [6, 6.07) is 3.45. The summed E-state index contributed by atoms with van der Waals surface area (Å²) in [5, 5.41) is 0.199. The number of carbonyl (C=O) groups excluding carboxylic acids is 1. The fourth-order valence-corrected chi connectivity index (χ4v) is 1.79. The van der Waals surface area contributed by atoms with E-state index in [0.717, 1.165) is 0 Å². The van der Waals surface area contributed by atoms with Gasteiger partial charge in [0.15, 0.2) is 17.5 Å². The van der Waals surface area contributed by atoms with E-state index in [1.807, 2.05) is 11.9 Å². The lowest BCUT2D eigenvalue weighted by molar-refractivity contribution is -0.157. The zero-order chi connectivity index (χ0) is 16.8. The van der Waals surface area contributed by atoms with Gasteiger partial charge in [0, 0.05) is 20.7 Å². The third kappa shape index (κ3) is 6.49. The second-order valence-electron chi connectivity index (χ2n) is 5.75. The summed E-state index contributed by atoms with van der Waals surface area (Å²) in [5.41, 5.74) is -0.545. The van der Waals surface area contributed by atoms with Gasteiger partial charge in [-0.05, 0) is 32.9 Å². The molecular weight excluding hydrogens is 308 g/mol. The first-order valence-electron chi connectivity index (χ1n) is 6.94. The van der Waals surface area contributed by atoms with E-state index in [1.54, 1.807) is 40.0 Å². The molecule has 0 saturated carbocycles. The molecule has 1 rings (SSSR count). The largest absolute Gasteiger partial charge is 0.479 e. The van der Waals surface area contributed by atoms with Crippen molar-refractivity contribution in [3.8, 4) is 5.75 Å². The zero-order valence-electron chi connectivity index (χ0n) is 13.7. The van der Waals surface area contributed by atoms with Crippen LogP contribution in [0.3, 0.4) is 0 Å². The summed E-state index contributed by atoms with van der Waals surface area (Å²) < 4.78 is 15.5. The van der Waals surface area contributed by atoms with Gasteiger partial charge in [-0.25, -0.2) is 9.78 Å². The number of methoxy groups -OCH3 is 1. The van der Waals surface area contributed by atoms with Crippen LogP contribution in [-0.4, -0.2) is 50.5 Å². The van der Waals surface area contributed by atoms with Crippen molar-refractivity contribution in [3.63, 3.8) is 0 Å². The molecule has 0 atom stereocenters. The van der Waals surface area contributed by atoms with Gasteiger partial charge < -0.3 is 19.1 Å². The molecule has 0 aliphatic rings. The summed E-state index contributed by atoms with van der Waals surface area (Å²) in [6.07, 6.45) is 0. The molecule has 6 nitrogen and oxygen atoms in total. The van der Waals surface area contributed by atoms with Crippen molar-refractivity contribution < 1.29 is 19.0 Å². The van der Waals surface area contributed by atoms with Crippen LogP contribution < -0.4 is 9.64 Å². The number of hydrogen-bond acceptors (Lipinski definition) is 6. The molecule has 0 spiro atoms. The van der Waals surface area contributed by atoms with Crippen LogP contribution in [0.2, 0.25) is 5.15 Å². The third-order valence-corrected chi connectivity index (χ3v) is 2.86. The Kier molecular flexibility index (Phi) is 6.90. The van der Waals surface area contributed by atoms with E-state index in [0.29, 0.717) is 24.7 Å². The first kappa shape index (κ1) is 18.5. The maximum atomic E-state index is 11.6. The normalized spacial score (nSPS) is 11.2. The van der Waals surface area contributed by atoms with Gasteiger partial charge in [0.2, 0.25) is 0 Å². The Morgan fingerprint density at radius 2 is 2.05 bits per heavy atom. The minimum atomic E-state index is -0.545. The molecule has 1 aromatic rings. The van der Waals surface area contributed by atoms with Gasteiger partial charge in [-0.15, -0.1) is 0 Å². The number of likely N-dealkylation sites (N-methyl/N-ethyl adjacent to an activating group) is 1. The molecule has 0 amide bonds. The molecule has 1 aromatic heterocycles. The second-order valence-corrected chi connectivity index (χ2v) is 6.11. The van der Waals surface area contributed by atoms with E-state index in [-0.39, 0.29) is 11.8 Å². The zero-order valence-corrected chi connectivity index (χ0v) is 14.4. The van der Waals surface area contributed by atoms with E-state index in [1.165, 1.54) is 0 Å². The molecule has 1 heterocycles.